The topological polar surface area (TPSA) is 55.4 Å². The zero-order valence-corrected chi connectivity index (χ0v) is 18.2. The van der Waals surface area contributed by atoms with E-state index >= 15 is 0 Å². The Labute approximate surface area is 189 Å². The standard InChI is InChI=1S/C26H27NO3S/c28-25(23(19-31)16-20-10-4-1-5-11-20)27-24(17-21-12-6-2-7-13-21)26(29)30-18-22-14-8-3-9-15-22/h1-15,23-24,31H,16-19H2,(H,27,28). The molecule has 2 atom stereocenters. The van der Waals surface area contributed by atoms with E-state index in [1.165, 1.54) is 0 Å². The number of rotatable bonds is 10. The lowest BCUT2D eigenvalue weighted by Gasteiger charge is -2.21. The van der Waals surface area contributed by atoms with E-state index in [-0.39, 0.29) is 18.4 Å². The Morgan fingerprint density at radius 3 is 1.74 bits per heavy atom. The summed E-state index contributed by atoms with van der Waals surface area (Å²) in [4.78, 5) is 25.9. The third kappa shape index (κ3) is 7.30. The molecule has 0 heterocycles. The summed E-state index contributed by atoms with van der Waals surface area (Å²) in [5, 5.41) is 2.91. The van der Waals surface area contributed by atoms with Gasteiger partial charge in [-0.25, -0.2) is 4.79 Å². The smallest absolute Gasteiger partial charge is 0.329 e. The van der Waals surface area contributed by atoms with Crippen molar-refractivity contribution in [2.75, 3.05) is 5.75 Å². The highest BCUT2D eigenvalue weighted by Gasteiger charge is 2.26. The molecule has 0 spiro atoms. The number of hydrogen-bond donors (Lipinski definition) is 2. The Balaban J connectivity index is 1.68. The normalized spacial score (nSPS) is 12.5. The highest BCUT2D eigenvalue weighted by molar-refractivity contribution is 7.80. The molecule has 1 amide bonds. The summed E-state index contributed by atoms with van der Waals surface area (Å²) in [7, 11) is 0. The van der Waals surface area contributed by atoms with Crippen molar-refractivity contribution in [2.45, 2.75) is 25.5 Å². The summed E-state index contributed by atoms with van der Waals surface area (Å²) < 4.78 is 5.52. The van der Waals surface area contributed by atoms with Gasteiger partial charge >= 0.3 is 5.97 Å². The molecule has 0 radical (unpaired) electrons. The van der Waals surface area contributed by atoms with Gasteiger partial charge in [0.05, 0.1) is 5.92 Å². The van der Waals surface area contributed by atoms with Crippen LogP contribution in [-0.2, 0) is 33.8 Å². The van der Waals surface area contributed by atoms with Crippen LogP contribution in [-0.4, -0.2) is 23.7 Å². The van der Waals surface area contributed by atoms with E-state index in [1.807, 2.05) is 91.0 Å². The maximum Gasteiger partial charge on any atom is 0.329 e. The van der Waals surface area contributed by atoms with E-state index in [2.05, 4.69) is 17.9 Å². The van der Waals surface area contributed by atoms with Crippen LogP contribution in [0.1, 0.15) is 16.7 Å². The predicted molar refractivity (Wildman–Crippen MR) is 126 cm³/mol. The van der Waals surface area contributed by atoms with Crippen LogP contribution in [0.25, 0.3) is 0 Å². The summed E-state index contributed by atoms with van der Waals surface area (Å²) in [5.74, 6) is -0.598. The van der Waals surface area contributed by atoms with Crippen molar-refractivity contribution in [3.63, 3.8) is 0 Å². The van der Waals surface area contributed by atoms with Gasteiger partial charge in [0.2, 0.25) is 5.91 Å². The molecule has 0 fully saturated rings. The van der Waals surface area contributed by atoms with Gasteiger partial charge in [-0.05, 0) is 23.1 Å². The van der Waals surface area contributed by atoms with Gasteiger partial charge in [0.15, 0.2) is 0 Å². The SMILES string of the molecule is O=C(NC(Cc1ccccc1)C(=O)OCc1ccccc1)C(CS)Cc1ccccc1. The number of esters is 1. The fourth-order valence-electron chi connectivity index (χ4n) is 3.30. The van der Waals surface area contributed by atoms with Crippen LogP contribution in [0.3, 0.4) is 0 Å². The minimum atomic E-state index is -0.767. The van der Waals surface area contributed by atoms with Crippen LogP contribution in [0.4, 0.5) is 0 Å². The molecule has 0 aromatic heterocycles. The molecule has 0 aliphatic carbocycles. The Morgan fingerprint density at radius 2 is 1.23 bits per heavy atom. The molecule has 0 bridgehead atoms. The minimum absolute atomic E-state index is 0.168. The van der Waals surface area contributed by atoms with Crippen LogP contribution < -0.4 is 5.32 Å². The van der Waals surface area contributed by atoms with E-state index < -0.39 is 12.0 Å². The number of ether oxygens (including phenoxy) is 1. The number of carbonyl (C=O) groups excluding carboxylic acids is 2. The van der Waals surface area contributed by atoms with Crippen molar-refractivity contribution in [3.8, 4) is 0 Å². The molecule has 3 aromatic rings. The number of carbonyl (C=O) groups is 2. The van der Waals surface area contributed by atoms with Crippen molar-refractivity contribution in [3.05, 3.63) is 108 Å². The summed E-state index contributed by atoms with van der Waals surface area (Å²) in [6.07, 6.45) is 0.929. The molecule has 0 saturated heterocycles. The molecule has 1 N–H and O–H groups in total. The van der Waals surface area contributed by atoms with Crippen LogP contribution in [0.2, 0.25) is 0 Å². The van der Waals surface area contributed by atoms with Crippen molar-refractivity contribution >= 4 is 24.5 Å². The third-order valence-corrected chi connectivity index (χ3v) is 5.46. The van der Waals surface area contributed by atoms with Gasteiger partial charge in [0, 0.05) is 12.2 Å². The maximum absolute atomic E-state index is 13.0. The van der Waals surface area contributed by atoms with Gasteiger partial charge in [-0.15, -0.1) is 0 Å². The first-order chi connectivity index (χ1) is 15.2. The highest BCUT2D eigenvalue weighted by Crippen LogP contribution is 2.13. The second kappa shape index (κ2) is 12.0. The lowest BCUT2D eigenvalue weighted by Crippen LogP contribution is -2.46. The molecule has 160 valence electrons. The number of thiol groups is 1. The quantitative estimate of drug-likeness (QED) is 0.371. The summed E-state index contributed by atoms with van der Waals surface area (Å²) in [6.45, 7) is 0.168. The largest absolute Gasteiger partial charge is 0.459 e. The number of benzene rings is 3. The monoisotopic (exact) mass is 433 g/mol. The molecular weight excluding hydrogens is 406 g/mol. The van der Waals surface area contributed by atoms with Crippen LogP contribution in [0.15, 0.2) is 91.0 Å². The van der Waals surface area contributed by atoms with Gasteiger partial charge in [0.1, 0.15) is 12.6 Å². The molecule has 5 heteroatoms. The molecule has 0 aliphatic heterocycles. The van der Waals surface area contributed by atoms with E-state index in [1.54, 1.807) is 0 Å². The van der Waals surface area contributed by atoms with Gasteiger partial charge in [-0.2, -0.15) is 12.6 Å². The summed E-state index contributed by atoms with van der Waals surface area (Å²) in [6, 6.07) is 28.1. The summed E-state index contributed by atoms with van der Waals surface area (Å²) in [5.41, 5.74) is 2.91. The molecular formula is C26H27NO3S. The number of nitrogens with one attached hydrogen (secondary N) is 1. The van der Waals surface area contributed by atoms with E-state index in [9.17, 15) is 9.59 Å². The molecule has 0 aliphatic rings. The molecule has 31 heavy (non-hydrogen) atoms. The van der Waals surface area contributed by atoms with Crippen LogP contribution >= 0.6 is 12.6 Å². The minimum Gasteiger partial charge on any atom is -0.459 e. The van der Waals surface area contributed by atoms with Gasteiger partial charge in [-0.3, -0.25) is 4.79 Å². The van der Waals surface area contributed by atoms with E-state index in [0.29, 0.717) is 18.6 Å². The van der Waals surface area contributed by atoms with Crippen molar-refractivity contribution in [2.24, 2.45) is 5.92 Å². The fraction of sp³-hybridized carbons (Fsp3) is 0.231. The fourth-order valence-corrected chi connectivity index (χ4v) is 3.60. The maximum atomic E-state index is 13.0. The van der Waals surface area contributed by atoms with Crippen LogP contribution in [0.5, 0.6) is 0 Å². The molecule has 3 rings (SSSR count). The Morgan fingerprint density at radius 1 is 0.742 bits per heavy atom. The van der Waals surface area contributed by atoms with Crippen molar-refractivity contribution in [1.82, 2.24) is 5.32 Å². The third-order valence-electron chi connectivity index (χ3n) is 5.02. The van der Waals surface area contributed by atoms with E-state index in [0.717, 1.165) is 16.7 Å². The van der Waals surface area contributed by atoms with E-state index in [4.69, 9.17) is 4.74 Å². The molecule has 2 unspecified atom stereocenters. The Hall–Kier alpha value is -3.05. The second-order valence-corrected chi connectivity index (χ2v) is 7.78. The first-order valence-corrected chi connectivity index (χ1v) is 11.0. The molecule has 4 nitrogen and oxygen atoms in total. The zero-order valence-electron chi connectivity index (χ0n) is 17.3. The Kier molecular flexibility index (Phi) is 8.73. The Bertz CT molecular complexity index is 948. The van der Waals surface area contributed by atoms with Crippen molar-refractivity contribution in [1.29, 1.82) is 0 Å². The molecule has 3 aromatic carbocycles. The number of amides is 1. The second-order valence-electron chi connectivity index (χ2n) is 7.41. The zero-order chi connectivity index (χ0) is 21.9. The number of hydrogen-bond acceptors (Lipinski definition) is 4. The highest BCUT2D eigenvalue weighted by atomic mass is 32.1. The van der Waals surface area contributed by atoms with Gasteiger partial charge < -0.3 is 10.1 Å². The predicted octanol–water partition coefficient (Wildman–Crippen LogP) is 4.25. The molecule has 0 saturated carbocycles. The van der Waals surface area contributed by atoms with Gasteiger partial charge in [0.25, 0.3) is 0 Å². The average Bonchev–Trinajstić information content (AvgIpc) is 2.82. The van der Waals surface area contributed by atoms with Crippen LogP contribution in [0, 0.1) is 5.92 Å². The lowest BCUT2D eigenvalue weighted by molar-refractivity contribution is -0.149. The first kappa shape index (κ1) is 22.6. The van der Waals surface area contributed by atoms with Crippen molar-refractivity contribution < 1.29 is 14.3 Å². The van der Waals surface area contributed by atoms with Gasteiger partial charge in [-0.1, -0.05) is 91.0 Å². The lowest BCUT2D eigenvalue weighted by atomic mass is 9.99. The summed E-state index contributed by atoms with van der Waals surface area (Å²) >= 11 is 4.37. The average molecular weight is 434 g/mol. The first-order valence-electron chi connectivity index (χ1n) is 10.4.